The largest absolute Gasteiger partial charge is 0.342 e. The Morgan fingerprint density at radius 3 is 2.67 bits per heavy atom. The molecule has 112 valence electrons. The molecule has 2 atom stereocenters. The Bertz CT molecular complexity index is 592. The molecule has 0 spiro atoms. The Morgan fingerprint density at radius 1 is 1.24 bits per heavy atom. The molecule has 1 aromatic rings. The van der Waals surface area contributed by atoms with Crippen LogP contribution in [0.4, 0.5) is 4.79 Å². The van der Waals surface area contributed by atoms with E-state index in [1.54, 1.807) is 28.7 Å². The summed E-state index contributed by atoms with van der Waals surface area (Å²) in [4.78, 5) is 29.8. The lowest BCUT2D eigenvalue weighted by atomic mass is 10.1. The van der Waals surface area contributed by atoms with E-state index >= 15 is 0 Å². The topological polar surface area (TPSA) is 43.9 Å². The van der Waals surface area contributed by atoms with Crippen molar-refractivity contribution in [1.82, 2.24) is 14.7 Å². The highest BCUT2D eigenvalue weighted by atomic mass is 35.5. The second-order valence-corrected chi connectivity index (χ2v) is 6.12. The Labute approximate surface area is 129 Å². The molecule has 1 aromatic carbocycles. The van der Waals surface area contributed by atoms with Crippen molar-refractivity contribution >= 4 is 23.5 Å². The number of amides is 3. The first-order chi connectivity index (χ1) is 9.99. The second-order valence-electron chi connectivity index (χ2n) is 5.71. The van der Waals surface area contributed by atoms with Crippen molar-refractivity contribution < 1.29 is 9.59 Å². The van der Waals surface area contributed by atoms with E-state index in [-0.39, 0.29) is 18.0 Å². The SMILES string of the molecule is C[C@H]1C(=O)N(C)C[C@H]2CN(Cc3ccccc3Cl)C(=O)N21. The molecule has 2 aliphatic heterocycles. The number of fused-ring (bicyclic) bond motifs is 1. The van der Waals surface area contributed by atoms with E-state index in [1.807, 2.05) is 24.3 Å². The number of carbonyl (C=O) groups excluding carboxylic acids is 2. The van der Waals surface area contributed by atoms with Crippen molar-refractivity contribution in [2.75, 3.05) is 20.1 Å². The Morgan fingerprint density at radius 2 is 1.95 bits per heavy atom. The van der Waals surface area contributed by atoms with Gasteiger partial charge in [0.25, 0.3) is 0 Å². The van der Waals surface area contributed by atoms with E-state index < -0.39 is 6.04 Å². The van der Waals surface area contributed by atoms with Gasteiger partial charge in [-0.15, -0.1) is 0 Å². The maximum atomic E-state index is 12.6. The van der Waals surface area contributed by atoms with Crippen molar-refractivity contribution in [2.45, 2.75) is 25.6 Å². The van der Waals surface area contributed by atoms with Crippen LogP contribution in [-0.4, -0.2) is 58.9 Å². The first-order valence-corrected chi connectivity index (χ1v) is 7.42. The second kappa shape index (κ2) is 5.22. The summed E-state index contributed by atoms with van der Waals surface area (Å²) in [5, 5.41) is 0.663. The highest BCUT2D eigenvalue weighted by Crippen LogP contribution is 2.27. The molecule has 3 rings (SSSR count). The third-order valence-corrected chi connectivity index (χ3v) is 4.64. The summed E-state index contributed by atoms with van der Waals surface area (Å²) < 4.78 is 0. The molecular formula is C15H18ClN3O2. The number of piperazine rings is 1. The van der Waals surface area contributed by atoms with Gasteiger partial charge in [0.2, 0.25) is 5.91 Å². The van der Waals surface area contributed by atoms with Gasteiger partial charge in [0, 0.05) is 31.7 Å². The van der Waals surface area contributed by atoms with Gasteiger partial charge in [0.1, 0.15) is 6.04 Å². The van der Waals surface area contributed by atoms with Crippen LogP contribution in [0.5, 0.6) is 0 Å². The van der Waals surface area contributed by atoms with Crippen LogP contribution in [-0.2, 0) is 11.3 Å². The predicted molar refractivity (Wildman–Crippen MR) is 80.0 cm³/mol. The number of urea groups is 1. The fraction of sp³-hybridized carbons (Fsp3) is 0.467. The lowest BCUT2D eigenvalue weighted by Crippen LogP contribution is -2.58. The zero-order valence-electron chi connectivity index (χ0n) is 12.1. The zero-order chi connectivity index (χ0) is 15.1. The van der Waals surface area contributed by atoms with Gasteiger partial charge in [0.15, 0.2) is 0 Å². The summed E-state index contributed by atoms with van der Waals surface area (Å²) >= 11 is 6.16. The molecule has 21 heavy (non-hydrogen) atoms. The van der Waals surface area contributed by atoms with Gasteiger partial charge in [-0.2, -0.15) is 0 Å². The van der Waals surface area contributed by atoms with E-state index in [9.17, 15) is 9.59 Å². The van der Waals surface area contributed by atoms with Crippen LogP contribution in [0.15, 0.2) is 24.3 Å². The van der Waals surface area contributed by atoms with E-state index in [2.05, 4.69) is 0 Å². The van der Waals surface area contributed by atoms with Gasteiger partial charge < -0.3 is 14.7 Å². The van der Waals surface area contributed by atoms with Crippen LogP contribution < -0.4 is 0 Å². The average Bonchev–Trinajstić information content (AvgIpc) is 2.75. The van der Waals surface area contributed by atoms with Crippen molar-refractivity contribution in [3.8, 4) is 0 Å². The molecule has 5 nitrogen and oxygen atoms in total. The van der Waals surface area contributed by atoms with E-state index in [0.29, 0.717) is 24.7 Å². The molecule has 2 saturated heterocycles. The number of hydrogen-bond donors (Lipinski definition) is 0. The summed E-state index contributed by atoms with van der Waals surface area (Å²) in [7, 11) is 1.79. The summed E-state index contributed by atoms with van der Waals surface area (Å²) in [6, 6.07) is 7.13. The maximum Gasteiger partial charge on any atom is 0.321 e. The highest BCUT2D eigenvalue weighted by Gasteiger charge is 2.46. The van der Waals surface area contributed by atoms with Crippen molar-refractivity contribution in [3.05, 3.63) is 34.9 Å². The monoisotopic (exact) mass is 307 g/mol. The standard InChI is InChI=1S/C15H18ClN3O2/c1-10-14(20)17(2)8-12-9-18(15(21)19(10)12)7-11-5-3-4-6-13(11)16/h3-6,10,12H,7-9H2,1-2H3/t10-,12-/m0/s1. The predicted octanol–water partition coefficient (Wildman–Crippen LogP) is 1.81. The fourth-order valence-electron chi connectivity index (χ4n) is 3.18. The summed E-state index contributed by atoms with van der Waals surface area (Å²) in [6.07, 6.45) is 0. The van der Waals surface area contributed by atoms with Crippen molar-refractivity contribution in [3.63, 3.8) is 0 Å². The van der Waals surface area contributed by atoms with Crippen molar-refractivity contribution in [1.29, 1.82) is 0 Å². The number of halogens is 1. The van der Waals surface area contributed by atoms with Crippen LogP contribution in [0.25, 0.3) is 0 Å². The number of rotatable bonds is 2. The van der Waals surface area contributed by atoms with Gasteiger partial charge in [-0.3, -0.25) is 4.79 Å². The molecule has 0 radical (unpaired) electrons. The van der Waals surface area contributed by atoms with E-state index in [0.717, 1.165) is 5.56 Å². The molecule has 0 aromatic heterocycles. The Kier molecular flexibility index (Phi) is 3.53. The molecule has 0 N–H and O–H groups in total. The third kappa shape index (κ3) is 2.35. The minimum Gasteiger partial charge on any atom is -0.342 e. The average molecular weight is 308 g/mol. The first kappa shape index (κ1) is 14.2. The molecular weight excluding hydrogens is 290 g/mol. The highest BCUT2D eigenvalue weighted by molar-refractivity contribution is 6.31. The first-order valence-electron chi connectivity index (χ1n) is 7.04. The van der Waals surface area contributed by atoms with Gasteiger partial charge >= 0.3 is 6.03 Å². The molecule has 0 unspecified atom stereocenters. The Hall–Kier alpha value is -1.75. The number of likely N-dealkylation sites (N-methyl/N-ethyl adjacent to an activating group) is 1. The van der Waals surface area contributed by atoms with Crippen LogP contribution >= 0.6 is 11.6 Å². The number of carbonyl (C=O) groups is 2. The molecule has 0 bridgehead atoms. The van der Waals surface area contributed by atoms with Gasteiger partial charge in [-0.05, 0) is 18.6 Å². The summed E-state index contributed by atoms with van der Waals surface area (Å²) in [6.45, 7) is 3.50. The number of hydrogen-bond acceptors (Lipinski definition) is 2. The molecule has 3 amide bonds. The Balaban J connectivity index is 1.80. The van der Waals surface area contributed by atoms with Crippen LogP contribution in [0.3, 0.4) is 0 Å². The van der Waals surface area contributed by atoms with Crippen LogP contribution in [0.2, 0.25) is 5.02 Å². The molecule has 0 saturated carbocycles. The van der Waals surface area contributed by atoms with Crippen LogP contribution in [0.1, 0.15) is 12.5 Å². The number of nitrogens with zero attached hydrogens (tertiary/aromatic N) is 3. The van der Waals surface area contributed by atoms with Gasteiger partial charge in [0.05, 0.1) is 6.04 Å². The van der Waals surface area contributed by atoms with Crippen molar-refractivity contribution in [2.24, 2.45) is 0 Å². The quantitative estimate of drug-likeness (QED) is 0.836. The molecule has 2 heterocycles. The van der Waals surface area contributed by atoms with Gasteiger partial charge in [-0.25, -0.2) is 4.79 Å². The van der Waals surface area contributed by atoms with E-state index in [1.165, 1.54) is 0 Å². The fourth-order valence-corrected chi connectivity index (χ4v) is 3.37. The smallest absolute Gasteiger partial charge is 0.321 e. The maximum absolute atomic E-state index is 12.6. The molecule has 2 fully saturated rings. The minimum atomic E-state index is -0.391. The van der Waals surface area contributed by atoms with Crippen LogP contribution in [0, 0.1) is 0 Å². The van der Waals surface area contributed by atoms with E-state index in [4.69, 9.17) is 11.6 Å². The number of benzene rings is 1. The molecule has 0 aliphatic carbocycles. The zero-order valence-corrected chi connectivity index (χ0v) is 12.9. The normalized spacial score (nSPS) is 25.6. The molecule has 2 aliphatic rings. The summed E-state index contributed by atoms with van der Waals surface area (Å²) in [5.74, 6) is -0.000747. The lowest BCUT2D eigenvalue weighted by molar-refractivity contribution is -0.139. The van der Waals surface area contributed by atoms with Gasteiger partial charge in [-0.1, -0.05) is 29.8 Å². The lowest BCUT2D eigenvalue weighted by Gasteiger charge is -2.38. The summed E-state index contributed by atoms with van der Waals surface area (Å²) in [5.41, 5.74) is 0.930. The third-order valence-electron chi connectivity index (χ3n) is 4.27. The minimum absolute atomic E-state index is 0.000747. The molecule has 6 heteroatoms.